The number of aromatic nitrogens is 12. The lowest BCUT2D eigenvalue weighted by Crippen LogP contribution is -2.02. The van der Waals surface area contributed by atoms with Gasteiger partial charge in [-0.2, -0.15) is 30.6 Å². The number of nitrogens with zero attached hydrogens (tertiary/aromatic N) is 12. The van der Waals surface area contributed by atoms with Gasteiger partial charge in [0.1, 0.15) is 17.5 Å². The van der Waals surface area contributed by atoms with E-state index in [4.69, 9.17) is 15.0 Å². The summed E-state index contributed by atoms with van der Waals surface area (Å²) in [6, 6.07) is 68.1. The topological polar surface area (TPSA) is 131 Å². The molecule has 12 heteroatoms. The SMILES string of the molecule is c1cnnc(-c2ccc(-n3c(-c4cc(-c5nc6ccccc6n5-c5ccc(-c6cccnn6)cc5)cc(-c5nc6ccccc6n5-c5ccc(-c6cccnn6)cc5)c4)nc4ccccc43)cc2)c1. The fourth-order valence-corrected chi connectivity index (χ4v) is 9.17. The Morgan fingerprint density at radius 2 is 0.551 bits per heavy atom. The highest BCUT2D eigenvalue weighted by Gasteiger charge is 2.23. The number of benzene rings is 7. The lowest BCUT2D eigenvalue weighted by molar-refractivity contribution is 1.04. The minimum atomic E-state index is 0.763. The first-order chi connectivity index (χ1) is 34.2. The van der Waals surface area contributed by atoms with Crippen molar-refractivity contribution in [2.45, 2.75) is 0 Å². The fraction of sp³-hybridized carbons (Fsp3) is 0. The second kappa shape index (κ2) is 16.6. The molecule has 0 fully saturated rings. The van der Waals surface area contributed by atoms with Gasteiger partial charge < -0.3 is 0 Å². The lowest BCUT2D eigenvalue weighted by Gasteiger charge is -2.16. The maximum Gasteiger partial charge on any atom is 0.145 e. The van der Waals surface area contributed by atoms with Gasteiger partial charge in [0.2, 0.25) is 0 Å². The highest BCUT2D eigenvalue weighted by molar-refractivity contribution is 5.90. The molecule has 0 bridgehead atoms. The molecule has 0 radical (unpaired) electrons. The van der Waals surface area contributed by atoms with Crippen molar-refractivity contribution in [3.05, 3.63) is 219 Å². The minimum absolute atomic E-state index is 0.763. The maximum absolute atomic E-state index is 5.40. The van der Waals surface area contributed by atoms with Crippen molar-refractivity contribution in [1.29, 1.82) is 0 Å². The van der Waals surface area contributed by atoms with Crippen LogP contribution >= 0.6 is 0 Å². The number of hydrogen-bond acceptors (Lipinski definition) is 9. The summed E-state index contributed by atoms with van der Waals surface area (Å²) in [5.41, 5.74) is 16.3. The average molecular weight is 889 g/mol. The van der Waals surface area contributed by atoms with Gasteiger partial charge in [0.05, 0.1) is 50.2 Å². The average Bonchev–Trinajstić information content (AvgIpc) is 4.14. The summed E-state index contributed by atoms with van der Waals surface area (Å²) < 4.78 is 6.67. The minimum Gasteiger partial charge on any atom is -0.292 e. The third-order valence-electron chi connectivity index (χ3n) is 12.4. The van der Waals surface area contributed by atoms with Crippen LogP contribution in [0, 0.1) is 0 Å². The van der Waals surface area contributed by atoms with E-state index >= 15 is 0 Å². The fourth-order valence-electron chi connectivity index (χ4n) is 9.17. The predicted octanol–water partition coefficient (Wildman–Crippen LogP) is 12.1. The lowest BCUT2D eigenvalue weighted by atomic mass is 10.0. The third kappa shape index (κ3) is 7.07. The van der Waals surface area contributed by atoms with Crippen molar-refractivity contribution in [3.63, 3.8) is 0 Å². The van der Waals surface area contributed by atoms with Crippen molar-refractivity contribution < 1.29 is 0 Å². The molecule has 0 spiro atoms. The number of para-hydroxylation sites is 6. The molecule has 0 unspecified atom stereocenters. The molecule has 12 nitrogen and oxygen atoms in total. The molecular weight excluding hydrogens is 853 g/mol. The van der Waals surface area contributed by atoms with Crippen LogP contribution in [0.4, 0.5) is 0 Å². The zero-order chi connectivity index (χ0) is 45.7. The Kier molecular flexibility index (Phi) is 9.49. The van der Waals surface area contributed by atoms with Crippen molar-refractivity contribution >= 4 is 33.1 Å². The molecule has 0 saturated carbocycles. The molecule has 7 aromatic carbocycles. The smallest absolute Gasteiger partial charge is 0.145 e. The summed E-state index contributed by atoms with van der Waals surface area (Å²) in [5, 5.41) is 25.4. The van der Waals surface area contributed by atoms with E-state index in [0.29, 0.717) is 0 Å². The van der Waals surface area contributed by atoms with Gasteiger partial charge in [0.25, 0.3) is 0 Å². The van der Waals surface area contributed by atoms with E-state index < -0.39 is 0 Å². The Labute approximate surface area is 394 Å². The second-order valence-corrected chi connectivity index (χ2v) is 16.5. The van der Waals surface area contributed by atoms with Gasteiger partial charge in [-0.3, -0.25) is 13.7 Å². The van der Waals surface area contributed by atoms with Gasteiger partial charge in [-0.25, -0.2) is 15.0 Å². The van der Waals surface area contributed by atoms with Crippen LogP contribution < -0.4 is 0 Å². The summed E-state index contributed by atoms with van der Waals surface area (Å²) in [5.74, 6) is 2.29. The largest absolute Gasteiger partial charge is 0.292 e. The molecular formula is C57H36N12. The molecule has 0 amide bonds. The number of hydrogen-bond donors (Lipinski definition) is 0. The van der Waals surface area contributed by atoms with Crippen LogP contribution in [0.3, 0.4) is 0 Å². The molecule has 0 N–H and O–H groups in total. The molecule has 324 valence electrons. The molecule has 69 heavy (non-hydrogen) atoms. The summed E-state index contributed by atoms with van der Waals surface area (Å²) in [6.07, 6.45) is 5.05. The van der Waals surface area contributed by atoms with Crippen molar-refractivity contribution in [2.75, 3.05) is 0 Å². The Morgan fingerprint density at radius 1 is 0.261 bits per heavy atom. The molecule has 0 atom stereocenters. The zero-order valence-corrected chi connectivity index (χ0v) is 36.7. The summed E-state index contributed by atoms with van der Waals surface area (Å²) in [7, 11) is 0. The summed E-state index contributed by atoms with van der Waals surface area (Å²) in [6.45, 7) is 0. The molecule has 13 rings (SSSR count). The molecule has 0 saturated heterocycles. The summed E-state index contributed by atoms with van der Waals surface area (Å²) in [4.78, 5) is 16.2. The van der Waals surface area contributed by atoms with Crippen molar-refractivity contribution in [1.82, 2.24) is 59.2 Å². The van der Waals surface area contributed by atoms with Gasteiger partial charge in [-0.1, -0.05) is 72.8 Å². The van der Waals surface area contributed by atoms with E-state index in [-0.39, 0.29) is 0 Å². The Hall–Kier alpha value is -9.81. The Morgan fingerprint density at radius 3 is 0.826 bits per heavy atom. The molecule has 13 aromatic rings. The molecule has 6 heterocycles. The van der Waals surface area contributed by atoms with E-state index in [9.17, 15) is 0 Å². The Balaban J connectivity index is 1.05. The molecule has 0 aliphatic rings. The first-order valence-electron chi connectivity index (χ1n) is 22.4. The van der Waals surface area contributed by atoms with Crippen molar-refractivity contribution in [2.24, 2.45) is 0 Å². The van der Waals surface area contributed by atoms with Crippen LogP contribution in [0.5, 0.6) is 0 Å². The van der Waals surface area contributed by atoms with E-state index in [1.807, 2.05) is 54.6 Å². The van der Waals surface area contributed by atoms with Crippen LogP contribution in [-0.2, 0) is 0 Å². The van der Waals surface area contributed by atoms with Crippen LogP contribution in [0.15, 0.2) is 219 Å². The Bertz CT molecular complexity index is 3550. The summed E-state index contributed by atoms with van der Waals surface area (Å²) >= 11 is 0. The monoisotopic (exact) mass is 888 g/mol. The molecule has 6 aromatic heterocycles. The second-order valence-electron chi connectivity index (χ2n) is 16.5. The van der Waals surface area contributed by atoms with Crippen LogP contribution in [0.2, 0.25) is 0 Å². The van der Waals surface area contributed by atoms with Crippen LogP contribution in [-0.4, -0.2) is 59.2 Å². The van der Waals surface area contributed by atoms with Crippen LogP contribution in [0.25, 0.3) is 118 Å². The van der Waals surface area contributed by atoms with Gasteiger partial charge in [-0.15, -0.1) is 0 Å². The predicted molar refractivity (Wildman–Crippen MR) is 270 cm³/mol. The third-order valence-corrected chi connectivity index (χ3v) is 12.4. The van der Waals surface area contributed by atoms with Gasteiger partial charge in [-0.05, 0) is 127 Å². The normalized spacial score (nSPS) is 11.5. The standard InChI is InChI=1S/C57H36N12/c1-4-16-52-49(10-1)61-55(67(52)43-25-19-37(20-26-43)46-13-7-31-58-64-46)40-34-41(56-62-50-11-2-5-17-53(50)68(56)44-27-21-38(22-28-44)47-14-8-32-59-65-47)36-42(35-40)57-63-51-12-3-6-18-54(51)69(57)45-29-23-39(24-30-45)48-15-9-33-60-66-48/h1-36H. The van der Waals surface area contributed by atoms with Gasteiger partial charge in [0, 0.05) is 69.0 Å². The van der Waals surface area contributed by atoms with Gasteiger partial charge >= 0.3 is 0 Å². The highest BCUT2D eigenvalue weighted by Crippen LogP contribution is 2.39. The van der Waals surface area contributed by atoms with E-state index in [0.717, 1.165) is 118 Å². The quantitative estimate of drug-likeness (QED) is 0.139. The number of fused-ring (bicyclic) bond motifs is 3. The van der Waals surface area contributed by atoms with Crippen LogP contribution in [0.1, 0.15) is 0 Å². The van der Waals surface area contributed by atoms with Gasteiger partial charge in [0.15, 0.2) is 0 Å². The van der Waals surface area contributed by atoms with E-state index in [1.165, 1.54) is 0 Å². The zero-order valence-electron chi connectivity index (χ0n) is 36.7. The van der Waals surface area contributed by atoms with E-state index in [2.05, 4.69) is 190 Å². The number of rotatable bonds is 9. The molecule has 0 aliphatic heterocycles. The first kappa shape index (κ1) is 39.5. The first-order valence-corrected chi connectivity index (χ1v) is 22.4. The van der Waals surface area contributed by atoms with Crippen molar-refractivity contribution in [3.8, 4) is 85.0 Å². The van der Waals surface area contributed by atoms with E-state index in [1.54, 1.807) is 18.6 Å². The molecule has 0 aliphatic carbocycles. The highest BCUT2D eigenvalue weighted by atomic mass is 15.1. The maximum atomic E-state index is 5.40. The number of imidazole rings is 3.